The Morgan fingerprint density at radius 3 is 2.59 bits per heavy atom. The third-order valence-electron chi connectivity index (χ3n) is 4.87. The number of benzene rings is 2. The lowest BCUT2D eigenvalue weighted by atomic mass is 10.0. The first-order valence-corrected chi connectivity index (χ1v) is 9.11. The number of carbonyl (C=O) groups is 2. The molecule has 27 heavy (non-hydrogen) atoms. The molecular formula is C21H21NO5. The van der Waals surface area contributed by atoms with Crippen LogP contribution in [0.1, 0.15) is 40.4 Å². The summed E-state index contributed by atoms with van der Waals surface area (Å²) in [5, 5.41) is 12.2. The van der Waals surface area contributed by atoms with Gasteiger partial charge in [-0.2, -0.15) is 0 Å². The fraction of sp³-hybridized carbons (Fsp3) is 0.333. The summed E-state index contributed by atoms with van der Waals surface area (Å²) < 4.78 is 11.2. The molecule has 1 heterocycles. The number of rotatable bonds is 6. The minimum Gasteiger partial charge on any atom is -0.486 e. The summed E-state index contributed by atoms with van der Waals surface area (Å²) in [7, 11) is 0. The molecule has 1 aliphatic carbocycles. The van der Waals surface area contributed by atoms with E-state index in [1.54, 1.807) is 12.1 Å². The van der Waals surface area contributed by atoms with Crippen molar-refractivity contribution in [1.29, 1.82) is 0 Å². The first kappa shape index (κ1) is 17.4. The van der Waals surface area contributed by atoms with Crippen molar-refractivity contribution in [3.05, 3.63) is 59.2 Å². The lowest BCUT2D eigenvalue weighted by Crippen LogP contribution is -2.31. The van der Waals surface area contributed by atoms with E-state index in [2.05, 4.69) is 5.32 Å². The Kier molecular flexibility index (Phi) is 4.71. The summed E-state index contributed by atoms with van der Waals surface area (Å²) in [6, 6.07) is 12.2. The molecule has 0 bridgehead atoms. The van der Waals surface area contributed by atoms with Crippen molar-refractivity contribution in [3.63, 3.8) is 0 Å². The topological polar surface area (TPSA) is 84.9 Å². The molecule has 1 saturated carbocycles. The maximum atomic E-state index is 12.6. The van der Waals surface area contributed by atoms with Crippen LogP contribution in [0.25, 0.3) is 0 Å². The second kappa shape index (κ2) is 7.31. The van der Waals surface area contributed by atoms with Crippen molar-refractivity contribution in [3.8, 4) is 11.5 Å². The normalized spacial score (nSPS) is 16.4. The van der Waals surface area contributed by atoms with E-state index in [-0.39, 0.29) is 23.9 Å². The van der Waals surface area contributed by atoms with Crippen molar-refractivity contribution in [2.24, 2.45) is 5.92 Å². The molecule has 0 saturated heterocycles. The zero-order valence-electron chi connectivity index (χ0n) is 14.8. The van der Waals surface area contributed by atoms with Gasteiger partial charge < -0.3 is 19.9 Å². The average molecular weight is 367 g/mol. The number of carboxylic acids is 1. The Morgan fingerprint density at radius 1 is 1.07 bits per heavy atom. The van der Waals surface area contributed by atoms with Crippen molar-refractivity contribution in [2.45, 2.75) is 25.3 Å². The molecule has 0 radical (unpaired) electrons. The smallest absolute Gasteiger partial charge is 0.335 e. The van der Waals surface area contributed by atoms with E-state index in [0.717, 1.165) is 24.2 Å². The van der Waals surface area contributed by atoms with E-state index < -0.39 is 5.97 Å². The minimum atomic E-state index is -0.996. The monoisotopic (exact) mass is 367 g/mol. The molecule has 2 aromatic carbocycles. The predicted octanol–water partition coefficient (Wildman–Crippen LogP) is 2.97. The van der Waals surface area contributed by atoms with Gasteiger partial charge in [0.05, 0.1) is 18.0 Å². The zero-order valence-corrected chi connectivity index (χ0v) is 14.8. The molecule has 0 aromatic heterocycles. The lowest BCUT2D eigenvalue weighted by Gasteiger charge is -2.23. The molecule has 140 valence electrons. The summed E-state index contributed by atoms with van der Waals surface area (Å²) >= 11 is 0. The molecule has 1 atom stereocenters. The first-order valence-electron chi connectivity index (χ1n) is 9.11. The van der Waals surface area contributed by atoms with Crippen LogP contribution in [0.15, 0.2) is 42.5 Å². The zero-order chi connectivity index (χ0) is 18.8. The molecule has 1 unspecified atom stereocenters. The highest BCUT2D eigenvalue weighted by Gasteiger charge is 2.34. The largest absolute Gasteiger partial charge is 0.486 e. The highest BCUT2D eigenvalue weighted by Crippen LogP contribution is 2.43. The fourth-order valence-electron chi connectivity index (χ4n) is 3.38. The van der Waals surface area contributed by atoms with Gasteiger partial charge in [-0.1, -0.05) is 18.2 Å². The Morgan fingerprint density at radius 2 is 1.85 bits per heavy atom. The second-order valence-electron chi connectivity index (χ2n) is 6.97. The van der Waals surface area contributed by atoms with Gasteiger partial charge in [-0.3, -0.25) is 4.79 Å². The number of hydrogen-bond acceptors (Lipinski definition) is 4. The molecule has 2 aromatic rings. The summed E-state index contributed by atoms with van der Waals surface area (Å²) in [5.74, 6) is 0.750. The number of nitrogens with one attached hydrogen (secondary N) is 1. The van der Waals surface area contributed by atoms with Gasteiger partial charge in [-0.05, 0) is 54.2 Å². The fourth-order valence-corrected chi connectivity index (χ4v) is 3.38. The van der Waals surface area contributed by atoms with E-state index in [4.69, 9.17) is 14.6 Å². The van der Waals surface area contributed by atoms with Crippen LogP contribution in [-0.2, 0) is 11.2 Å². The van der Waals surface area contributed by atoms with Gasteiger partial charge in [0.2, 0.25) is 5.91 Å². The first-order chi connectivity index (χ1) is 13.1. The molecular weight excluding hydrogens is 346 g/mol. The average Bonchev–Trinajstić information content (AvgIpc) is 3.51. The number of hydrogen-bond donors (Lipinski definition) is 2. The number of carboxylic acid groups (broad SMARTS) is 1. The van der Waals surface area contributed by atoms with E-state index in [1.807, 2.05) is 18.2 Å². The van der Waals surface area contributed by atoms with E-state index in [1.165, 1.54) is 12.1 Å². The Balaban J connectivity index is 1.48. The number of amides is 1. The molecule has 1 fully saturated rings. The summed E-state index contributed by atoms with van der Waals surface area (Å²) in [4.78, 5) is 23.7. The van der Waals surface area contributed by atoms with Gasteiger partial charge in [-0.15, -0.1) is 0 Å². The number of carbonyl (C=O) groups excluding carboxylic acids is 1. The van der Waals surface area contributed by atoms with Crippen molar-refractivity contribution >= 4 is 11.9 Å². The van der Waals surface area contributed by atoms with Gasteiger partial charge in [0, 0.05) is 0 Å². The molecule has 4 rings (SSSR count). The Bertz CT molecular complexity index is 875. The van der Waals surface area contributed by atoms with Gasteiger partial charge in [-0.25, -0.2) is 4.79 Å². The van der Waals surface area contributed by atoms with Gasteiger partial charge in [0.15, 0.2) is 11.5 Å². The van der Waals surface area contributed by atoms with Crippen LogP contribution in [0.2, 0.25) is 0 Å². The number of ether oxygens (including phenoxy) is 2. The van der Waals surface area contributed by atoms with Crippen molar-refractivity contribution < 1.29 is 24.2 Å². The molecule has 0 spiro atoms. The predicted molar refractivity (Wildman–Crippen MR) is 98.1 cm³/mol. The maximum absolute atomic E-state index is 12.6. The third-order valence-corrected chi connectivity index (χ3v) is 4.87. The van der Waals surface area contributed by atoms with Crippen LogP contribution in [-0.4, -0.2) is 30.2 Å². The van der Waals surface area contributed by atoms with E-state index in [9.17, 15) is 9.59 Å². The standard InChI is InChI=1S/C21H21NO5/c23-19(11-13-2-1-3-16(10-13)21(24)25)22-20(14-4-5-14)15-6-7-17-18(12-15)27-9-8-26-17/h1-3,6-7,10,12,14,20H,4-5,8-9,11H2,(H,22,23)(H,24,25). The summed E-state index contributed by atoms with van der Waals surface area (Å²) in [5.41, 5.74) is 1.88. The van der Waals surface area contributed by atoms with Crippen LogP contribution in [0.4, 0.5) is 0 Å². The van der Waals surface area contributed by atoms with Crippen LogP contribution in [0.5, 0.6) is 11.5 Å². The molecule has 1 amide bonds. The van der Waals surface area contributed by atoms with Crippen molar-refractivity contribution in [2.75, 3.05) is 13.2 Å². The van der Waals surface area contributed by atoms with Crippen molar-refractivity contribution in [1.82, 2.24) is 5.32 Å². The quantitative estimate of drug-likeness (QED) is 0.820. The minimum absolute atomic E-state index is 0.0732. The maximum Gasteiger partial charge on any atom is 0.335 e. The SMILES string of the molecule is O=C(Cc1cccc(C(=O)O)c1)NC(c1ccc2c(c1)OCCO2)C1CC1. The van der Waals surface area contributed by atoms with Crippen LogP contribution < -0.4 is 14.8 Å². The van der Waals surface area contributed by atoms with E-state index >= 15 is 0 Å². The number of fused-ring (bicyclic) bond motifs is 1. The Hall–Kier alpha value is -3.02. The van der Waals surface area contributed by atoms with Crippen LogP contribution in [0.3, 0.4) is 0 Å². The van der Waals surface area contributed by atoms with Gasteiger partial charge >= 0.3 is 5.97 Å². The van der Waals surface area contributed by atoms with Gasteiger partial charge in [0.1, 0.15) is 13.2 Å². The molecule has 6 nitrogen and oxygen atoms in total. The second-order valence-corrected chi connectivity index (χ2v) is 6.97. The summed E-state index contributed by atoms with van der Waals surface area (Å²) in [6.45, 7) is 1.07. The highest BCUT2D eigenvalue weighted by molar-refractivity contribution is 5.88. The van der Waals surface area contributed by atoms with Crippen LogP contribution in [0, 0.1) is 5.92 Å². The third kappa shape index (κ3) is 4.05. The van der Waals surface area contributed by atoms with Gasteiger partial charge in [0.25, 0.3) is 0 Å². The van der Waals surface area contributed by atoms with E-state index in [0.29, 0.717) is 30.4 Å². The molecule has 2 aliphatic rings. The lowest BCUT2D eigenvalue weighted by molar-refractivity contribution is -0.121. The highest BCUT2D eigenvalue weighted by atomic mass is 16.6. The number of aromatic carboxylic acids is 1. The summed E-state index contributed by atoms with van der Waals surface area (Å²) in [6.07, 6.45) is 2.30. The Labute approximate surface area is 157 Å². The molecule has 6 heteroatoms. The molecule has 1 aliphatic heterocycles. The van der Waals surface area contributed by atoms with Crippen LogP contribution >= 0.6 is 0 Å². The molecule has 2 N–H and O–H groups in total.